The molecule has 0 bridgehead atoms. The summed E-state index contributed by atoms with van der Waals surface area (Å²) < 4.78 is 28.8. The number of esters is 1. The van der Waals surface area contributed by atoms with Crippen LogP contribution in [-0.4, -0.2) is 57.2 Å². The molecule has 31 heavy (non-hydrogen) atoms. The van der Waals surface area contributed by atoms with Gasteiger partial charge in [-0.15, -0.1) is 11.8 Å². The zero-order chi connectivity index (χ0) is 22.6. The Morgan fingerprint density at radius 1 is 1.13 bits per heavy atom. The molecule has 2 atom stereocenters. The first-order valence-electron chi connectivity index (χ1n) is 9.90. The fraction of sp³-hybridized carbons (Fsp3) is 0.364. The Bertz CT molecular complexity index is 1050. The van der Waals surface area contributed by atoms with Gasteiger partial charge in [0.15, 0.2) is 15.9 Å². The van der Waals surface area contributed by atoms with Crippen LogP contribution in [0.25, 0.3) is 0 Å². The van der Waals surface area contributed by atoms with Crippen molar-refractivity contribution in [2.24, 2.45) is 0 Å². The van der Waals surface area contributed by atoms with Crippen LogP contribution in [0, 0.1) is 0 Å². The number of nitrogens with one attached hydrogen (secondary N) is 1. The molecule has 2 aromatic rings. The fourth-order valence-corrected chi connectivity index (χ4v) is 6.75. The van der Waals surface area contributed by atoms with Gasteiger partial charge in [0.05, 0.1) is 17.1 Å². The highest BCUT2D eigenvalue weighted by atomic mass is 32.2. The van der Waals surface area contributed by atoms with E-state index in [1.54, 1.807) is 36.4 Å². The molecular formula is C22H26N2O5S2. The maximum atomic E-state index is 12.7. The van der Waals surface area contributed by atoms with Crippen molar-refractivity contribution < 1.29 is 22.7 Å². The number of carbonyl (C=O) groups is 2. The van der Waals surface area contributed by atoms with E-state index >= 15 is 0 Å². The Morgan fingerprint density at radius 2 is 1.81 bits per heavy atom. The van der Waals surface area contributed by atoms with E-state index in [1.165, 1.54) is 18.7 Å². The first kappa shape index (κ1) is 23.1. The molecule has 0 aromatic heterocycles. The van der Waals surface area contributed by atoms with E-state index in [0.29, 0.717) is 22.6 Å². The van der Waals surface area contributed by atoms with Crippen LogP contribution in [0.5, 0.6) is 0 Å². The van der Waals surface area contributed by atoms with Crippen LogP contribution in [0.4, 0.5) is 11.4 Å². The zero-order valence-electron chi connectivity index (χ0n) is 17.7. The van der Waals surface area contributed by atoms with Crippen molar-refractivity contribution in [1.29, 1.82) is 0 Å². The van der Waals surface area contributed by atoms with Gasteiger partial charge in [-0.25, -0.2) is 13.2 Å². The summed E-state index contributed by atoms with van der Waals surface area (Å²) >= 11 is 1.37. The van der Waals surface area contributed by atoms with Crippen molar-refractivity contribution in [3.63, 3.8) is 0 Å². The minimum Gasteiger partial charge on any atom is -0.449 e. The van der Waals surface area contributed by atoms with E-state index in [9.17, 15) is 18.0 Å². The van der Waals surface area contributed by atoms with Gasteiger partial charge in [0.2, 0.25) is 0 Å². The quantitative estimate of drug-likeness (QED) is 0.632. The number of anilines is 2. The second-order valence-electron chi connectivity index (χ2n) is 7.62. The largest absolute Gasteiger partial charge is 0.449 e. The number of sulfone groups is 1. The highest BCUT2D eigenvalue weighted by molar-refractivity contribution is 8.02. The van der Waals surface area contributed by atoms with Crippen molar-refractivity contribution in [3.05, 3.63) is 54.1 Å². The molecule has 1 fully saturated rings. The first-order valence-corrected chi connectivity index (χ1v) is 12.6. The molecule has 3 rings (SSSR count). The van der Waals surface area contributed by atoms with Crippen LogP contribution in [0.3, 0.4) is 0 Å². The lowest BCUT2D eigenvalue weighted by Crippen LogP contribution is -2.30. The van der Waals surface area contributed by atoms with Gasteiger partial charge in [0.1, 0.15) is 0 Å². The number of hydrogen-bond acceptors (Lipinski definition) is 7. The van der Waals surface area contributed by atoms with Crippen LogP contribution in [0.1, 0.15) is 23.7 Å². The van der Waals surface area contributed by atoms with Gasteiger partial charge < -0.3 is 15.0 Å². The second kappa shape index (κ2) is 9.74. The number of benzene rings is 2. The third-order valence-electron chi connectivity index (χ3n) is 4.90. The highest BCUT2D eigenvalue weighted by Gasteiger charge is 2.30. The monoisotopic (exact) mass is 462 g/mol. The molecular weight excluding hydrogens is 436 g/mol. The molecule has 7 nitrogen and oxygen atoms in total. The molecule has 0 unspecified atom stereocenters. The third-order valence-corrected chi connectivity index (χ3v) is 8.22. The van der Waals surface area contributed by atoms with Crippen LogP contribution in [-0.2, 0) is 19.4 Å². The molecule has 1 amide bonds. The molecule has 1 saturated heterocycles. The van der Waals surface area contributed by atoms with Gasteiger partial charge in [-0.1, -0.05) is 12.1 Å². The minimum absolute atomic E-state index is 0.0928. The molecule has 1 aliphatic rings. The molecule has 2 aromatic carbocycles. The average molecular weight is 463 g/mol. The number of thioether (sulfide) groups is 1. The third kappa shape index (κ3) is 6.24. The van der Waals surface area contributed by atoms with Crippen molar-refractivity contribution in [3.8, 4) is 0 Å². The Balaban J connectivity index is 1.62. The Hall–Kier alpha value is -2.52. The average Bonchev–Trinajstić information content (AvgIpc) is 3.06. The van der Waals surface area contributed by atoms with Gasteiger partial charge in [-0.3, -0.25) is 4.79 Å². The van der Waals surface area contributed by atoms with Crippen molar-refractivity contribution in [2.75, 3.05) is 35.8 Å². The van der Waals surface area contributed by atoms with Crippen LogP contribution in [0.2, 0.25) is 0 Å². The summed E-state index contributed by atoms with van der Waals surface area (Å²) in [6, 6.07) is 14.2. The zero-order valence-corrected chi connectivity index (χ0v) is 19.3. The lowest BCUT2D eigenvalue weighted by atomic mass is 10.2. The molecule has 0 saturated carbocycles. The second-order valence-corrected chi connectivity index (χ2v) is 11.2. The van der Waals surface area contributed by atoms with Gasteiger partial charge in [-0.05, 0) is 49.7 Å². The van der Waals surface area contributed by atoms with Gasteiger partial charge in [0.25, 0.3) is 5.91 Å². The molecule has 1 heterocycles. The molecule has 0 aliphatic carbocycles. The molecule has 166 valence electrons. The normalized spacial score (nSPS) is 18.2. The maximum absolute atomic E-state index is 12.7. The van der Waals surface area contributed by atoms with Crippen LogP contribution < -0.4 is 10.2 Å². The summed E-state index contributed by atoms with van der Waals surface area (Å²) in [4.78, 5) is 27.8. The van der Waals surface area contributed by atoms with E-state index in [4.69, 9.17) is 4.74 Å². The van der Waals surface area contributed by atoms with E-state index in [2.05, 4.69) is 5.32 Å². The Morgan fingerprint density at radius 3 is 2.42 bits per heavy atom. The number of nitrogens with zero attached hydrogens (tertiary/aromatic N) is 1. The number of carbonyl (C=O) groups excluding carboxylic acids is 2. The van der Waals surface area contributed by atoms with Gasteiger partial charge in [-0.2, -0.15) is 0 Å². The van der Waals surface area contributed by atoms with Crippen molar-refractivity contribution in [2.45, 2.75) is 29.6 Å². The standard InChI is InChI=1S/C22H26N2O5S2/c1-15(21(25)23-16-8-10-17(11-9-16)24(2)3)29-22(26)19-6-4-5-7-20(19)30-18-12-13-31(27,28)14-18/h4-11,15,18H,12-14H2,1-3H3,(H,23,25)/t15-,18+/m1/s1. The fourth-order valence-electron chi connectivity index (χ4n) is 3.14. The first-order chi connectivity index (χ1) is 14.6. The van der Waals surface area contributed by atoms with Crippen LogP contribution in [0.15, 0.2) is 53.4 Å². The maximum Gasteiger partial charge on any atom is 0.340 e. The number of amides is 1. The summed E-state index contributed by atoms with van der Waals surface area (Å²) in [5.41, 5.74) is 1.94. The summed E-state index contributed by atoms with van der Waals surface area (Å²) in [7, 11) is 0.846. The smallest absolute Gasteiger partial charge is 0.340 e. The van der Waals surface area contributed by atoms with E-state index in [0.717, 1.165) is 5.69 Å². The molecule has 1 N–H and O–H groups in total. The number of hydrogen-bond donors (Lipinski definition) is 1. The summed E-state index contributed by atoms with van der Waals surface area (Å²) in [6.45, 7) is 1.51. The van der Waals surface area contributed by atoms with Crippen molar-refractivity contribution in [1.82, 2.24) is 0 Å². The Kier molecular flexibility index (Phi) is 7.27. The number of ether oxygens (including phenoxy) is 1. The topological polar surface area (TPSA) is 92.8 Å². The molecule has 1 aliphatic heterocycles. The van der Waals surface area contributed by atoms with Gasteiger partial charge in [0, 0.05) is 35.6 Å². The Labute approximate surface area is 187 Å². The summed E-state index contributed by atoms with van der Waals surface area (Å²) in [6.07, 6.45) is -0.437. The predicted octanol–water partition coefficient (Wildman–Crippen LogP) is 3.22. The minimum atomic E-state index is -3.01. The summed E-state index contributed by atoms with van der Waals surface area (Å²) in [5, 5.41) is 2.65. The predicted molar refractivity (Wildman–Crippen MR) is 124 cm³/mol. The molecule has 9 heteroatoms. The van der Waals surface area contributed by atoms with Gasteiger partial charge >= 0.3 is 5.97 Å². The number of rotatable bonds is 7. The molecule has 0 spiro atoms. The summed E-state index contributed by atoms with van der Waals surface area (Å²) in [5.74, 6) is -0.774. The SMILES string of the molecule is C[C@@H](OC(=O)c1ccccc1S[C@H]1CCS(=O)(=O)C1)C(=O)Nc1ccc(N(C)C)cc1. The molecule has 0 radical (unpaired) electrons. The lowest BCUT2D eigenvalue weighted by Gasteiger charge is -2.17. The van der Waals surface area contributed by atoms with E-state index in [-0.39, 0.29) is 16.8 Å². The van der Waals surface area contributed by atoms with Crippen molar-refractivity contribution >= 4 is 44.9 Å². The van der Waals surface area contributed by atoms with Crippen LogP contribution >= 0.6 is 11.8 Å². The lowest BCUT2D eigenvalue weighted by molar-refractivity contribution is -0.123. The van der Waals surface area contributed by atoms with E-state index in [1.807, 2.05) is 31.1 Å². The highest BCUT2D eigenvalue weighted by Crippen LogP contribution is 2.33. The van der Waals surface area contributed by atoms with E-state index < -0.39 is 27.8 Å².